The maximum Gasteiger partial charge on any atom is 0.253 e. The van der Waals surface area contributed by atoms with Crippen LogP contribution in [0.5, 0.6) is 0 Å². The molecule has 0 radical (unpaired) electrons. The van der Waals surface area contributed by atoms with E-state index in [4.69, 9.17) is 11.5 Å². The van der Waals surface area contributed by atoms with Crippen molar-refractivity contribution >= 4 is 17.8 Å². The van der Waals surface area contributed by atoms with Crippen molar-refractivity contribution in [3.05, 3.63) is 64.5 Å². The molecule has 5 N–H and O–H groups in total. The van der Waals surface area contributed by atoms with Crippen LogP contribution in [0, 0.1) is 11.8 Å². The van der Waals surface area contributed by atoms with Crippen molar-refractivity contribution in [3.63, 3.8) is 0 Å². The summed E-state index contributed by atoms with van der Waals surface area (Å²) >= 11 is 0. The quantitative estimate of drug-likeness (QED) is 0.562. The van der Waals surface area contributed by atoms with Gasteiger partial charge in [0.05, 0.1) is 16.8 Å². The van der Waals surface area contributed by atoms with E-state index in [1.165, 1.54) is 0 Å². The smallest absolute Gasteiger partial charge is 0.253 e. The van der Waals surface area contributed by atoms with E-state index < -0.39 is 5.91 Å². The van der Waals surface area contributed by atoms with Gasteiger partial charge in [0.1, 0.15) is 5.69 Å². The molecule has 8 nitrogen and oxygen atoms in total. The average Bonchev–Trinajstić information content (AvgIpc) is 3.05. The lowest BCUT2D eigenvalue weighted by atomic mass is 10.1. The molecule has 29 heavy (non-hydrogen) atoms. The Morgan fingerprint density at radius 3 is 2.86 bits per heavy atom. The number of nitrogens with two attached hydrogens (primary N) is 2. The van der Waals surface area contributed by atoms with Gasteiger partial charge in [0, 0.05) is 43.0 Å². The molecule has 4 rings (SSSR count). The molecule has 3 heterocycles. The predicted molar refractivity (Wildman–Crippen MR) is 108 cm³/mol. The molecular weight excluding hydrogens is 368 g/mol. The first-order chi connectivity index (χ1) is 13.9. The monoisotopic (exact) mass is 386 g/mol. The molecule has 1 aliphatic rings. The van der Waals surface area contributed by atoms with Crippen LogP contribution in [0.15, 0.2) is 36.5 Å². The van der Waals surface area contributed by atoms with E-state index >= 15 is 0 Å². The van der Waals surface area contributed by atoms with Gasteiger partial charge in [-0.15, -0.1) is 0 Å². The van der Waals surface area contributed by atoms with Gasteiger partial charge in [-0.2, -0.15) is 0 Å². The molecule has 0 spiro atoms. The van der Waals surface area contributed by atoms with Crippen molar-refractivity contribution in [1.82, 2.24) is 19.9 Å². The van der Waals surface area contributed by atoms with Crippen LogP contribution in [-0.4, -0.2) is 32.9 Å². The molecule has 0 saturated heterocycles. The first kappa shape index (κ1) is 18.3. The topological polar surface area (TPSA) is 129 Å². The van der Waals surface area contributed by atoms with E-state index in [0.717, 1.165) is 17.8 Å². The second-order valence-corrected chi connectivity index (χ2v) is 6.64. The lowest BCUT2D eigenvalue weighted by Crippen LogP contribution is -2.31. The zero-order valence-corrected chi connectivity index (χ0v) is 15.7. The van der Waals surface area contributed by atoms with Crippen molar-refractivity contribution in [3.8, 4) is 23.2 Å². The fourth-order valence-electron chi connectivity index (χ4n) is 3.33. The zero-order valence-electron chi connectivity index (χ0n) is 15.7. The van der Waals surface area contributed by atoms with Crippen LogP contribution in [0.4, 0.5) is 5.95 Å². The third kappa shape index (κ3) is 3.41. The number of amides is 2. The number of aromatic nitrogens is 3. The van der Waals surface area contributed by atoms with Crippen LogP contribution in [0.2, 0.25) is 0 Å². The second-order valence-electron chi connectivity index (χ2n) is 6.64. The van der Waals surface area contributed by atoms with Crippen molar-refractivity contribution in [2.75, 3.05) is 12.3 Å². The summed E-state index contributed by atoms with van der Waals surface area (Å²) in [6, 6.07) is 8.55. The molecule has 2 aromatic heterocycles. The maximum atomic E-state index is 12.2. The van der Waals surface area contributed by atoms with Gasteiger partial charge in [0.15, 0.2) is 0 Å². The molecular formula is C21H18N6O2. The van der Waals surface area contributed by atoms with Crippen molar-refractivity contribution < 1.29 is 9.59 Å². The van der Waals surface area contributed by atoms with Crippen molar-refractivity contribution in [2.45, 2.75) is 6.42 Å². The molecule has 1 aliphatic heterocycles. The minimum Gasteiger partial charge on any atom is -0.368 e. The number of nitrogen functional groups attached to an aromatic ring is 1. The molecule has 3 aromatic rings. The number of carbonyl (C=O) groups is 2. The second kappa shape index (κ2) is 7.13. The third-order valence-electron chi connectivity index (χ3n) is 4.79. The van der Waals surface area contributed by atoms with E-state index in [1.54, 1.807) is 36.5 Å². The summed E-state index contributed by atoms with van der Waals surface area (Å²) in [5.74, 6) is 5.55. The summed E-state index contributed by atoms with van der Waals surface area (Å²) in [6.45, 7) is 0.595. The molecule has 1 aromatic carbocycles. The molecule has 0 fully saturated rings. The van der Waals surface area contributed by atoms with Gasteiger partial charge >= 0.3 is 0 Å². The minimum absolute atomic E-state index is 0.106. The highest BCUT2D eigenvalue weighted by molar-refractivity contribution is 5.98. The maximum absolute atomic E-state index is 12.2. The SMILES string of the molecule is Cn1c(-c2nc(N)ncc2C#Cc2cccc(C(N)=O)c2)cc2c1CCNC2=O. The Labute approximate surface area is 167 Å². The predicted octanol–water partition coefficient (Wildman–Crippen LogP) is 0.849. The van der Waals surface area contributed by atoms with Gasteiger partial charge in [-0.1, -0.05) is 17.9 Å². The number of primary amides is 1. The van der Waals surface area contributed by atoms with Crippen molar-refractivity contribution in [2.24, 2.45) is 12.8 Å². The van der Waals surface area contributed by atoms with E-state index in [0.29, 0.717) is 34.5 Å². The fraction of sp³-hybridized carbons (Fsp3) is 0.143. The van der Waals surface area contributed by atoms with E-state index in [2.05, 4.69) is 27.1 Å². The lowest BCUT2D eigenvalue weighted by molar-refractivity contribution is 0.0944. The van der Waals surface area contributed by atoms with Crippen LogP contribution in [0.25, 0.3) is 11.4 Å². The van der Waals surface area contributed by atoms with Crippen LogP contribution in [0.3, 0.4) is 0 Å². The summed E-state index contributed by atoms with van der Waals surface area (Å²) < 4.78 is 1.94. The van der Waals surface area contributed by atoms with Crippen molar-refractivity contribution in [1.29, 1.82) is 0 Å². The standard InChI is InChI=1S/C21H18N6O2/c1-27-16-7-8-24-20(29)15(16)10-17(27)18-14(11-25-21(23)26-18)6-5-12-3-2-4-13(9-12)19(22)28/h2-4,9-11H,7-8H2,1H3,(H2,22,28)(H,24,29)(H2,23,25,26). The largest absolute Gasteiger partial charge is 0.368 e. The average molecular weight is 386 g/mol. The number of nitrogens with zero attached hydrogens (tertiary/aromatic N) is 3. The van der Waals surface area contributed by atoms with Crippen LogP contribution >= 0.6 is 0 Å². The van der Waals surface area contributed by atoms with E-state index in [9.17, 15) is 9.59 Å². The Hall–Kier alpha value is -4.12. The number of rotatable bonds is 2. The first-order valence-electron chi connectivity index (χ1n) is 8.95. The minimum atomic E-state index is -0.516. The summed E-state index contributed by atoms with van der Waals surface area (Å²) in [4.78, 5) is 32.0. The Morgan fingerprint density at radius 2 is 2.10 bits per heavy atom. The highest BCUT2D eigenvalue weighted by Gasteiger charge is 2.24. The first-order valence-corrected chi connectivity index (χ1v) is 8.95. The number of carbonyl (C=O) groups excluding carboxylic acids is 2. The number of hydrogen-bond acceptors (Lipinski definition) is 5. The molecule has 2 amide bonds. The summed E-state index contributed by atoms with van der Waals surface area (Å²) in [5.41, 5.74) is 15.6. The highest BCUT2D eigenvalue weighted by atomic mass is 16.2. The molecule has 0 aliphatic carbocycles. The van der Waals surface area contributed by atoms with Gasteiger partial charge in [-0.25, -0.2) is 9.97 Å². The molecule has 0 saturated carbocycles. The Kier molecular flexibility index (Phi) is 4.49. The Bertz CT molecular complexity index is 1220. The Balaban J connectivity index is 1.81. The number of nitrogens with one attached hydrogen (secondary N) is 1. The molecule has 0 unspecified atom stereocenters. The van der Waals surface area contributed by atoms with Gasteiger partial charge in [0.2, 0.25) is 11.9 Å². The zero-order chi connectivity index (χ0) is 20.5. The third-order valence-corrected chi connectivity index (χ3v) is 4.79. The van der Waals surface area contributed by atoms with Crippen LogP contribution in [0.1, 0.15) is 37.5 Å². The van der Waals surface area contributed by atoms with Gasteiger partial charge in [-0.3, -0.25) is 9.59 Å². The summed E-state index contributed by atoms with van der Waals surface area (Å²) in [7, 11) is 1.89. The van der Waals surface area contributed by atoms with E-state index in [1.807, 2.05) is 11.6 Å². The van der Waals surface area contributed by atoms with Gasteiger partial charge < -0.3 is 21.4 Å². The normalized spacial score (nSPS) is 12.5. The number of fused-ring (bicyclic) bond motifs is 1. The Morgan fingerprint density at radius 1 is 1.28 bits per heavy atom. The lowest BCUT2D eigenvalue weighted by Gasteiger charge is -2.14. The number of hydrogen-bond donors (Lipinski definition) is 3. The number of benzene rings is 1. The highest BCUT2D eigenvalue weighted by Crippen LogP contribution is 2.28. The van der Waals surface area contributed by atoms with E-state index in [-0.39, 0.29) is 11.9 Å². The fourth-order valence-corrected chi connectivity index (χ4v) is 3.33. The van der Waals surface area contributed by atoms with Crippen LogP contribution < -0.4 is 16.8 Å². The molecule has 0 bridgehead atoms. The number of anilines is 1. The molecule has 144 valence electrons. The van der Waals surface area contributed by atoms with Gasteiger partial charge in [-0.05, 0) is 24.3 Å². The van der Waals surface area contributed by atoms with Gasteiger partial charge in [0.25, 0.3) is 5.91 Å². The molecule has 8 heteroatoms. The molecule has 0 atom stereocenters. The van der Waals surface area contributed by atoms with Crippen LogP contribution in [-0.2, 0) is 13.5 Å². The summed E-state index contributed by atoms with van der Waals surface area (Å²) in [5, 5.41) is 2.84. The summed E-state index contributed by atoms with van der Waals surface area (Å²) in [6.07, 6.45) is 2.29.